The molecule has 5 nitrogen and oxygen atoms in total. The lowest BCUT2D eigenvalue weighted by molar-refractivity contribution is 0.686. The van der Waals surface area contributed by atoms with E-state index in [-0.39, 0.29) is 24.1 Å². The minimum Gasteiger partial charge on any atom is -0.380 e. The van der Waals surface area contributed by atoms with Crippen LogP contribution in [0.15, 0.2) is 8.80 Å². The van der Waals surface area contributed by atoms with Gasteiger partial charge >= 0.3 is 0 Å². The van der Waals surface area contributed by atoms with Gasteiger partial charge in [0.25, 0.3) is 11.2 Å². The van der Waals surface area contributed by atoms with Gasteiger partial charge in [-0.25, -0.2) is 4.21 Å². The maximum absolute atomic E-state index is 10.2. The number of rotatable bonds is 0. The molecule has 0 aromatic heterocycles. The predicted octanol–water partition coefficient (Wildman–Crippen LogP) is -1.29. The zero-order chi connectivity index (χ0) is 6.15. The monoisotopic (exact) mass is 168 g/mol. The van der Waals surface area contributed by atoms with Crippen LogP contribution in [0.4, 0.5) is 0 Å². The first-order chi connectivity index (χ1) is 3.70. The summed E-state index contributed by atoms with van der Waals surface area (Å²) in [6.07, 6.45) is 0. The summed E-state index contributed by atoms with van der Waals surface area (Å²) >= 11 is -1.56. The predicted molar refractivity (Wildman–Crippen MR) is 38.6 cm³/mol. The van der Waals surface area contributed by atoms with Gasteiger partial charge in [-0.15, -0.1) is 21.2 Å². The molecule has 9 heavy (non-hydrogen) atoms. The molecule has 0 unspecified atom stereocenters. The first-order valence-corrected chi connectivity index (χ1v) is 2.87. The van der Waals surface area contributed by atoms with Gasteiger partial charge in [0.1, 0.15) is 0 Å². The van der Waals surface area contributed by atoms with Crippen molar-refractivity contribution < 1.29 is 4.21 Å². The SMILES string of the molecule is Cl.NC1=NS(=O)N=C1N. The molecule has 1 aliphatic rings. The van der Waals surface area contributed by atoms with Crippen molar-refractivity contribution in [2.24, 2.45) is 20.3 Å². The van der Waals surface area contributed by atoms with Gasteiger partial charge < -0.3 is 11.5 Å². The molecule has 0 spiro atoms. The maximum Gasteiger partial charge on any atom is 0.269 e. The van der Waals surface area contributed by atoms with E-state index in [0.717, 1.165) is 0 Å². The Morgan fingerprint density at radius 2 is 1.56 bits per heavy atom. The lowest BCUT2D eigenvalue weighted by Gasteiger charge is -1.82. The van der Waals surface area contributed by atoms with Crippen LogP contribution in [-0.4, -0.2) is 15.9 Å². The van der Waals surface area contributed by atoms with E-state index in [9.17, 15) is 4.21 Å². The summed E-state index contributed by atoms with van der Waals surface area (Å²) in [5, 5.41) is 0. The molecule has 1 aliphatic heterocycles. The number of amidine groups is 2. The Morgan fingerprint density at radius 1 is 1.22 bits per heavy atom. The van der Waals surface area contributed by atoms with Crippen LogP contribution in [0.1, 0.15) is 0 Å². The van der Waals surface area contributed by atoms with E-state index in [4.69, 9.17) is 11.5 Å². The van der Waals surface area contributed by atoms with E-state index in [0.29, 0.717) is 0 Å². The molecule has 0 saturated carbocycles. The third-order valence-electron chi connectivity index (χ3n) is 0.615. The fraction of sp³-hybridized carbons (Fsp3) is 0. The van der Waals surface area contributed by atoms with Crippen molar-refractivity contribution in [1.82, 2.24) is 0 Å². The molecule has 0 saturated heterocycles. The smallest absolute Gasteiger partial charge is 0.269 e. The second-order valence-electron chi connectivity index (χ2n) is 1.18. The molecule has 0 bridgehead atoms. The van der Waals surface area contributed by atoms with Crippen LogP contribution < -0.4 is 11.5 Å². The maximum atomic E-state index is 10.2. The van der Waals surface area contributed by atoms with Crippen LogP contribution >= 0.6 is 12.4 Å². The fourth-order valence-electron chi connectivity index (χ4n) is 0.282. The summed E-state index contributed by atoms with van der Waals surface area (Å²) in [6.45, 7) is 0. The van der Waals surface area contributed by atoms with E-state index in [2.05, 4.69) is 8.80 Å². The zero-order valence-corrected chi connectivity index (χ0v) is 5.91. The second kappa shape index (κ2) is 2.79. The highest BCUT2D eigenvalue weighted by Crippen LogP contribution is 1.93. The Hall–Kier alpha value is -0.620. The van der Waals surface area contributed by atoms with Crippen molar-refractivity contribution in [1.29, 1.82) is 0 Å². The van der Waals surface area contributed by atoms with Crippen LogP contribution in [-0.2, 0) is 11.2 Å². The van der Waals surface area contributed by atoms with Crippen molar-refractivity contribution in [3.8, 4) is 0 Å². The Morgan fingerprint density at radius 3 is 1.67 bits per heavy atom. The molecule has 0 fully saturated rings. The topological polar surface area (TPSA) is 93.8 Å². The molecule has 0 aromatic carbocycles. The Bertz CT molecular complexity index is 179. The van der Waals surface area contributed by atoms with Crippen LogP contribution in [0.3, 0.4) is 0 Å². The molecule has 4 N–H and O–H groups in total. The van der Waals surface area contributed by atoms with Crippen LogP contribution in [0.25, 0.3) is 0 Å². The van der Waals surface area contributed by atoms with Crippen molar-refractivity contribution in [3.63, 3.8) is 0 Å². The Balaban J connectivity index is 0.000000640. The van der Waals surface area contributed by atoms with Crippen molar-refractivity contribution >= 4 is 35.2 Å². The van der Waals surface area contributed by atoms with Crippen LogP contribution in [0.5, 0.6) is 0 Å². The highest BCUT2D eigenvalue weighted by Gasteiger charge is 2.09. The number of nitrogens with zero attached hydrogens (tertiary/aromatic N) is 2. The van der Waals surface area contributed by atoms with Gasteiger partial charge in [0.2, 0.25) is 0 Å². The van der Waals surface area contributed by atoms with Crippen LogP contribution in [0.2, 0.25) is 0 Å². The van der Waals surface area contributed by atoms with E-state index in [1.54, 1.807) is 0 Å². The first kappa shape index (κ1) is 8.38. The highest BCUT2D eigenvalue weighted by molar-refractivity contribution is 7.83. The van der Waals surface area contributed by atoms with Crippen molar-refractivity contribution in [2.45, 2.75) is 0 Å². The molecule has 1 heterocycles. The summed E-state index contributed by atoms with van der Waals surface area (Å²) in [5.74, 6) is 0.117. The van der Waals surface area contributed by atoms with Gasteiger partial charge in [0.05, 0.1) is 0 Å². The summed E-state index contributed by atoms with van der Waals surface area (Å²) in [5.41, 5.74) is 10.1. The summed E-state index contributed by atoms with van der Waals surface area (Å²) < 4.78 is 16.9. The lowest BCUT2D eigenvalue weighted by Crippen LogP contribution is -2.28. The average molecular weight is 169 g/mol. The highest BCUT2D eigenvalue weighted by atomic mass is 35.5. The fourth-order valence-corrected chi connectivity index (χ4v) is 0.847. The summed E-state index contributed by atoms with van der Waals surface area (Å²) in [7, 11) is 0. The molecule has 0 atom stereocenters. The van der Waals surface area contributed by atoms with Crippen molar-refractivity contribution in [3.05, 3.63) is 0 Å². The molecular weight excluding hydrogens is 164 g/mol. The van der Waals surface area contributed by atoms with Gasteiger partial charge in [0.15, 0.2) is 11.7 Å². The standard InChI is InChI=1S/C2H4N4OS.ClH/c3-1-2(4)6-8(7)5-1;/h(H2,3,5)(H2,4,6);1H. The van der Waals surface area contributed by atoms with E-state index in [1.807, 2.05) is 0 Å². The van der Waals surface area contributed by atoms with Crippen LogP contribution in [0, 0.1) is 0 Å². The minimum atomic E-state index is -1.56. The number of nitrogens with two attached hydrogens (primary N) is 2. The molecule has 0 aromatic rings. The molecule has 7 heteroatoms. The van der Waals surface area contributed by atoms with Gasteiger partial charge in [-0.3, -0.25) is 0 Å². The zero-order valence-electron chi connectivity index (χ0n) is 4.27. The van der Waals surface area contributed by atoms with Crippen molar-refractivity contribution in [2.75, 3.05) is 0 Å². The Labute approximate surface area is 60.4 Å². The quantitative estimate of drug-likeness (QED) is 0.472. The third-order valence-corrected chi connectivity index (χ3v) is 1.32. The van der Waals surface area contributed by atoms with Gasteiger partial charge in [-0.05, 0) is 0 Å². The number of halogens is 1. The molecule has 1 rings (SSSR count). The average Bonchev–Trinajstić information content (AvgIpc) is 1.85. The lowest BCUT2D eigenvalue weighted by atomic mass is 10.6. The Kier molecular flexibility index (Phi) is 2.60. The normalized spacial score (nSPS) is 18.2. The van der Waals surface area contributed by atoms with Gasteiger partial charge in [-0.2, -0.15) is 0 Å². The number of hydrogen-bond donors (Lipinski definition) is 2. The number of hydrogen-bond acceptors (Lipinski definition) is 3. The van der Waals surface area contributed by atoms with E-state index in [1.165, 1.54) is 0 Å². The molecular formula is C2H5ClN4OS. The summed E-state index contributed by atoms with van der Waals surface area (Å²) in [6, 6.07) is 0. The molecule has 0 amide bonds. The molecule has 0 radical (unpaired) electrons. The third kappa shape index (κ3) is 1.65. The summed E-state index contributed by atoms with van der Waals surface area (Å²) in [4.78, 5) is 0. The van der Waals surface area contributed by atoms with Gasteiger partial charge in [-0.1, -0.05) is 0 Å². The van der Waals surface area contributed by atoms with E-state index >= 15 is 0 Å². The van der Waals surface area contributed by atoms with E-state index < -0.39 is 11.2 Å². The largest absolute Gasteiger partial charge is 0.380 e. The first-order valence-electron chi connectivity index (χ1n) is 1.81. The second-order valence-corrected chi connectivity index (χ2v) is 2.01. The van der Waals surface area contributed by atoms with Gasteiger partial charge in [0, 0.05) is 0 Å². The molecule has 0 aliphatic carbocycles. The minimum absolute atomic E-state index is 0. The molecule has 52 valence electrons.